The van der Waals surface area contributed by atoms with E-state index in [-0.39, 0.29) is 11.6 Å². The van der Waals surface area contributed by atoms with Crippen LogP contribution in [0.3, 0.4) is 0 Å². The third kappa shape index (κ3) is 4.27. The number of halogens is 1. The van der Waals surface area contributed by atoms with Gasteiger partial charge in [0.25, 0.3) is 5.91 Å². The summed E-state index contributed by atoms with van der Waals surface area (Å²) in [6.07, 6.45) is 3.19. The van der Waals surface area contributed by atoms with Gasteiger partial charge < -0.3 is 15.1 Å². The zero-order valence-electron chi connectivity index (χ0n) is 14.5. The van der Waals surface area contributed by atoms with Crippen molar-refractivity contribution in [1.29, 1.82) is 0 Å². The fourth-order valence-electron chi connectivity index (χ4n) is 2.76. The average molecular weight is 360 g/mol. The summed E-state index contributed by atoms with van der Waals surface area (Å²) in [5.74, 6) is 0.514. The van der Waals surface area contributed by atoms with Crippen molar-refractivity contribution in [2.75, 3.05) is 42.9 Å². The first-order chi connectivity index (χ1) is 12.1. The van der Waals surface area contributed by atoms with Crippen molar-refractivity contribution >= 4 is 29.0 Å². The van der Waals surface area contributed by atoms with Crippen molar-refractivity contribution in [3.8, 4) is 0 Å². The molecule has 0 aliphatic carbocycles. The molecule has 0 atom stereocenters. The molecule has 132 valence electrons. The zero-order chi connectivity index (χ0) is 17.8. The molecule has 3 rings (SSSR count). The van der Waals surface area contributed by atoms with Crippen molar-refractivity contribution in [1.82, 2.24) is 14.9 Å². The number of nitrogens with zero attached hydrogens (tertiary/aromatic N) is 4. The number of likely N-dealkylation sites (N-methyl/N-ethyl adjacent to an activating group) is 1. The van der Waals surface area contributed by atoms with Gasteiger partial charge in [-0.2, -0.15) is 0 Å². The normalized spacial score (nSPS) is 15.2. The second-order valence-electron chi connectivity index (χ2n) is 6.10. The molecule has 1 N–H and O–H groups in total. The number of anilines is 2. The van der Waals surface area contributed by atoms with E-state index in [1.165, 1.54) is 6.20 Å². The maximum Gasteiger partial charge on any atom is 0.275 e. The summed E-state index contributed by atoms with van der Waals surface area (Å²) in [5.41, 5.74) is 1.89. The summed E-state index contributed by atoms with van der Waals surface area (Å²) in [4.78, 5) is 25.6. The second-order valence-corrected chi connectivity index (χ2v) is 6.51. The molecular weight excluding hydrogens is 338 g/mol. The van der Waals surface area contributed by atoms with Gasteiger partial charge in [0.2, 0.25) is 0 Å². The molecule has 0 spiro atoms. The predicted molar refractivity (Wildman–Crippen MR) is 101 cm³/mol. The number of rotatable bonds is 4. The van der Waals surface area contributed by atoms with Crippen LogP contribution in [-0.2, 0) is 0 Å². The molecule has 0 radical (unpaired) electrons. The maximum absolute atomic E-state index is 12.3. The summed E-state index contributed by atoms with van der Waals surface area (Å²) in [5, 5.41) is 3.41. The van der Waals surface area contributed by atoms with Crippen LogP contribution >= 0.6 is 11.6 Å². The van der Waals surface area contributed by atoms with Crippen molar-refractivity contribution in [2.45, 2.75) is 13.8 Å². The van der Waals surface area contributed by atoms with Gasteiger partial charge >= 0.3 is 0 Å². The summed E-state index contributed by atoms with van der Waals surface area (Å²) in [7, 11) is 0. The standard InChI is InChI=1S/C18H22ClN5O/c1-3-23-6-8-24(9-7-23)17-12-20-16(11-21-17)18(25)22-14-5-4-13(2)15(19)10-14/h4-5,10-12H,3,6-9H2,1-2H3,(H,22,25). The summed E-state index contributed by atoms with van der Waals surface area (Å²) in [6.45, 7) is 9.05. The van der Waals surface area contributed by atoms with Gasteiger partial charge in [0, 0.05) is 36.9 Å². The highest BCUT2D eigenvalue weighted by Gasteiger charge is 2.17. The van der Waals surface area contributed by atoms with E-state index < -0.39 is 0 Å². The van der Waals surface area contributed by atoms with Crippen LogP contribution < -0.4 is 10.2 Å². The fourth-order valence-corrected chi connectivity index (χ4v) is 2.94. The monoisotopic (exact) mass is 359 g/mol. The molecule has 2 aromatic rings. The molecule has 1 amide bonds. The fraction of sp³-hybridized carbons (Fsp3) is 0.389. The van der Waals surface area contributed by atoms with E-state index in [0.717, 1.165) is 44.1 Å². The zero-order valence-corrected chi connectivity index (χ0v) is 15.3. The van der Waals surface area contributed by atoms with Crippen LogP contribution in [0.15, 0.2) is 30.6 Å². The van der Waals surface area contributed by atoms with Gasteiger partial charge in [0.1, 0.15) is 11.5 Å². The molecule has 2 heterocycles. The number of aryl methyl sites for hydroxylation is 1. The van der Waals surface area contributed by atoms with Crippen LogP contribution in [-0.4, -0.2) is 53.5 Å². The molecular formula is C18H22ClN5O. The molecule has 1 aromatic heterocycles. The minimum absolute atomic E-state index is 0.285. The summed E-state index contributed by atoms with van der Waals surface area (Å²) >= 11 is 6.08. The lowest BCUT2D eigenvalue weighted by Crippen LogP contribution is -2.46. The predicted octanol–water partition coefficient (Wildman–Crippen LogP) is 2.83. The Morgan fingerprint density at radius 3 is 2.56 bits per heavy atom. The lowest BCUT2D eigenvalue weighted by molar-refractivity contribution is 0.102. The molecule has 1 aliphatic heterocycles. The van der Waals surface area contributed by atoms with Gasteiger partial charge in [0.05, 0.1) is 12.4 Å². The Morgan fingerprint density at radius 1 is 1.20 bits per heavy atom. The average Bonchev–Trinajstić information content (AvgIpc) is 2.65. The van der Waals surface area contributed by atoms with Crippen molar-refractivity contribution in [3.05, 3.63) is 46.9 Å². The van der Waals surface area contributed by atoms with Gasteiger partial charge in [-0.3, -0.25) is 4.79 Å². The molecule has 0 unspecified atom stereocenters. The van der Waals surface area contributed by atoms with Crippen molar-refractivity contribution < 1.29 is 4.79 Å². The van der Waals surface area contributed by atoms with Crippen LogP contribution in [0, 0.1) is 6.92 Å². The Labute approximate surface area is 152 Å². The maximum atomic E-state index is 12.3. The Kier molecular flexibility index (Phi) is 5.50. The number of benzene rings is 1. The number of hydrogen-bond donors (Lipinski definition) is 1. The van der Waals surface area contributed by atoms with E-state index >= 15 is 0 Å². The minimum Gasteiger partial charge on any atom is -0.353 e. The van der Waals surface area contributed by atoms with Crippen LogP contribution in [0.4, 0.5) is 11.5 Å². The molecule has 0 saturated carbocycles. The van der Waals surface area contributed by atoms with E-state index in [2.05, 4.69) is 32.0 Å². The quantitative estimate of drug-likeness (QED) is 0.909. The van der Waals surface area contributed by atoms with Gasteiger partial charge in [-0.1, -0.05) is 24.6 Å². The van der Waals surface area contributed by atoms with E-state index in [1.807, 2.05) is 19.1 Å². The van der Waals surface area contributed by atoms with E-state index in [9.17, 15) is 4.79 Å². The highest BCUT2D eigenvalue weighted by molar-refractivity contribution is 6.31. The molecule has 0 bridgehead atoms. The molecule has 6 nitrogen and oxygen atoms in total. The van der Waals surface area contributed by atoms with Crippen LogP contribution in [0.1, 0.15) is 23.0 Å². The smallest absolute Gasteiger partial charge is 0.275 e. The molecule has 1 aliphatic rings. The Morgan fingerprint density at radius 2 is 1.96 bits per heavy atom. The SMILES string of the molecule is CCN1CCN(c2cnc(C(=O)Nc3ccc(C)c(Cl)c3)cn2)CC1. The van der Waals surface area contributed by atoms with Crippen LogP contribution in [0.5, 0.6) is 0 Å². The lowest BCUT2D eigenvalue weighted by Gasteiger charge is -2.34. The minimum atomic E-state index is -0.297. The summed E-state index contributed by atoms with van der Waals surface area (Å²) in [6, 6.07) is 5.40. The van der Waals surface area contributed by atoms with E-state index in [0.29, 0.717) is 10.7 Å². The number of nitrogens with one attached hydrogen (secondary N) is 1. The molecule has 1 saturated heterocycles. The molecule has 1 fully saturated rings. The molecule has 7 heteroatoms. The number of amides is 1. The number of piperazine rings is 1. The highest BCUT2D eigenvalue weighted by Crippen LogP contribution is 2.20. The number of hydrogen-bond acceptors (Lipinski definition) is 5. The first-order valence-electron chi connectivity index (χ1n) is 8.43. The number of aromatic nitrogens is 2. The highest BCUT2D eigenvalue weighted by atomic mass is 35.5. The molecule has 1 aromatic carbocycles. The second kappa shape index (κ2) is 7.80. The van der Waals surface area contributed by atoms with Crippen molar-refractivity contribution in [2.24, 2.45) is 0 Å². The largest absolute Gasteiger partial charge is 0.353 e. The first-order valence-corrected chi connectivity index (χ1v) is 8.81. The lowest BCUT2D eigenvalue weighted by atomic mass is 10.2. The van der Waals surface area contributed by atoms with Gasteiger partial charge in [-0.25, -0.2) is 9.97 Å². The van der Waals surface area contributed by atoms with Crippen LogP contribution in [0.2, 0.25) is 5.02 Å². The van der Waals surface area contributed by atoms with Crippen LogP contribution in [0.25, 0.3) is 0 Å². The Hall–Kier alpha value is -2.18. The topological polar surface area (TPSA) is 61.4 Å². The third-order valence-corrected chi connectivity index (χ3v) is 4.85. The number of carbonyl (C=O) groups excluding carboxylic acids is 1. The Bertz CT molecular complexity index is 742. The third-order valence-electron chi connectivity index (χ3n) is 4.44. The van der Waals surface area contributed by atoms with Gasteiger partial charge in [-0.15, -0.1) is 0 Å². The van der Waals surface area contributed by atoms with Crippen molar-refractivity contribution in [3.63, 3.8) is 0 Å². The summed E-state index contributed by atoms with van der Waals surface area (Å²) < 4.78 is 0. The van der Waals surface area contributed by atoms with E-state index in [1.54, 1.807) is 12.3 Å². The number of carbonyl (C=O) groups is 1. The first kappa shape index (κ1) is 17.6. The van der Waals surface area contributed by atoms with Gasteiger partial charge in [0.15, 0.2) is 0 Å². The van der Waals surface area contributed by atoms with E-state index in [4.69, 9.17) is 11.6 Å². The van der Waals surface area contributed by atoms with Gasteiger partial charge in [-0.05, 0) is 31.2 Å². The Balaban J connectivity index is 1.63. The molecule has 25 heavy (non-hydrogen) atoms.